The van der Waals surface area contributed by atoms with Gasteiger partial charge >= 0.3 is 0 Å². The van der Waals surface area contributed by atoms with Gasteiger partial charge in [-0.2, -0.15) is 0 Å². The maximum atomic E-state index is 5.56. The number of rotatable bonds is 5. The summed E-state index contributed by atoms with van der Waals surface area (Å²) in [5.41, 5.74) is 8.93. The van der Waals surface area contributed by atoms with Crippen LogP contribution in [0.5, 0.6) is 0 Å². The molecule has 3 heteroatoms. The van der Waals surface area contributed by atoms with Crippen molar-refractivity contribution in [2.45, 2.75) is 26.7 Å². The standard InChI is InChI=1S/C15H20N2O/c1-11(2)9-12-3-5-13(6-4-12)15-14(7-8-16)18-10-17-15/h3-6,10-11H,7-9,16H2,1-2H3. The summed E-state index contributed by atoms with van der Waals surface area (Å²) >= 11 is 0. The van der Waals surface area contributed by atoms with Crippen molar-refractivity contribution in [2.75, 3.05) is 6.54 Å². The zero-order valence-electron chi connectivity index (χ0n) is 11.0. The maximum Gasteiger partial charge on any atom is 0.181 e. The summed E-state index contributed by atoms with van der Waals surface area (Å²) in [4.78, 5) is 4.27. The molecule has 0 fully saturated rings. The molecule has 0 aliphatic rings. The number of aromatic nitrogens is 1. The first kappa shape index (κ1) is 12.8. The fourth-order valence-corrected chi connectivity index (χ4v) is 2.08. The highest BCUT2D eigenvalue weighted by molar-refractivity contribution is 5.61. The fraction of sp³-hybridized carbons (Fsp3) is 0.400. The monoisotopic (exact) mass is 244 g/mol. The molecule has 0 atom stereocenters. The van der Waals surface area contributed by atoms with E-state index in [1.165, 1.54) is 12.0 Å². The lowest BCUT2D eigenvalue weighted by molar-refractivity contribution is 0.506. The molecule has 0 aliphatic carbocycles. The van der Waals surface area contributed by atoms with Crippen molar-refractivity contribution in [1.29, 1.82) is 0 Å². The van der Waals surface area contributed by atoms with E-state index in [1.54, 1.807) is 0 Å². The Morgan fingerprint density at radius 3 is 2.56 bits per heavy atom. The van der Waals surface area contributed by atoms with Crippen molar-refractivity contribution >= 4 is 0 Å². The molecule has 0 aliphatic heterocycles. The van der Waals surface area contributed by atoms with Gasteiger partial charge in [-0.25, -0.2) is 4.98 Å². The van der Waals surface area contributed by atoms with Crippen LogP contribution in [0.2, 0.25) is 0 Å². The van der Waals surface area contributed by atoms with Crippen LogP contribution in [0.3, 0.4) is 0 Å². The third-order valence-electron chi connectivity index (χ3n) is 2.88. The van der Waals surface area contributed by atoms with Crippen molar-refractivity contribution in [3.05, 3.63) is 42.0 Å². The molecule has 0 bridgehead atoms. The third kappa shape index (κ3) is 2.99. The van der Waals surface area contributed by atoms with Gasteiger partial charge in [0, 0.05) is 12.0 Å². The van der Waals surface area contributed by atoms with E-state index in [-0.39, 0.29) is 0 Å². The molecule has 96 valence electrons. The van der Waals surface area contributed by atoms with Crippen molar-refractivity contribution in [1.82, 2.24) is 4.98 Å². The molecule has 2 aromatic rings. The van der Waals surface area contributed by atoms with Crippen LogP contribution in [0.25, 0.3) is 11.3 Å². The molecule has 0 unspecified atom stereocenters. The number of hydrogen-bond acceptors (Lipinski definition) is 3. The van der Waals surface area contributed by atoms with Gasteiger partial charge in [0.2, 0.25) is 0 Å². The Labute approximate surface area is 108 Å². The molecule has 3 nitrogen and oxygen atoms in total. The van der Waals surface area contributed by atoms with Crippen LogP contribution < -0.4 is 5.73 Å². The second-order valence-electron chi connectivity index (χ2n) is 4.96. The van der Waals surface area contributed by atoms with Crippen LogP contribution in [0, 0.1) is 5.92 Å². The highest BCUT2D eigenvalue weighted by Gasteiger charge is 2.09. The van der Waals surface area contributed by atoms with Crippen molar-refractivity contribution in [2.24, 2.45) is 11.7 Å². The third-order valence-corrected chi connectivity index (χ3v) is 2.88. The van der Waals surface area contributed by atoms with E-state index in [0.29, 0.717) is 12.5 Å². The molecular weight excluding hydrogens is 224 g/mol. The smallest absolute Gasteiger partial charge is 0.181 e. The van der Waals surface area contributed by atoms with E-state index in [0.717, 1.165) is 29.9 Å². The molecule has 0 amide bonds. The van der Waals surface area contributed by atoms with Gasteiger partial charge in [-0.15, -0.1) is 0 Å². The molecule has 2 N–H and O–H groups in total. The average molecular weight is 244 g/mol. The van der Waals surface area contributed by atoms with E-state index >= 15 is 0 Å². The molecular formula is C15H20N2O. The molecule has 1 aromatic carbocycles. The minimum atomic E-state index is 0.577. The lowest BCUT2D eigenvalue weighted by Crippen LogP contribution is -2.02. The minimum absolute atomic E-state index is 0.577. The van der Waals surface area contributed by atoms with E-state index in [2.05, 4.69) is 43.1 Å². The van der Waals surface area contributed by atoms with E-state index in [9.17, 15) is 0 Å². The highest BCUT2D eigenvalue weighted by Crippen LogP contribution is 2.23. The Morgan fingerprint density at radius 2 is 1.94 bits per heavy atom. The lowest BCUT2D eigenvalue weighted by Gasteiger charge is -2.06. The Balaban J connectivity index is 2.20. The summed E-state index contributed by atoms with van der Waals surface area (Å²) in [5.74, 6) is 1.55. The molecule has 18 heavy (non-hydrogen) atoms. The number of nitrogens with zero attached hydrogens (tertiary/aromatic N) is 1. The lowest BCUT2D eigenvalue weighted by atomic mass is 10.0. The Kier molecular flexibility index (Phi) is 4.15. The topological polar surface area (TPSA) is 52.0 Å². The predicted molar refractivity (Wildman–Crippen MR) is 73.2 cm³/mol. The first-order chi connectivity index (χ1) is 8.70. The first-order valence-electron chi connectivity index (χ1n) is 6.42. The van der Waals surface area contributed by atoms with E-state index in [1.807, 2.05) is 0 Å². The normalized spacial score (nSPS) is 11.1. The van der Waals surface area contributed by atoms with Crippen molar-refractivity contribution < 1.29 is 4.42 Å². The van der Waals surface area contributed by atoms with Crippen LogP contribution >= 0.6 is 0 Å². The molecule has 2 rings (SSSR count). The molecule has 0 saturated carbocycles. The molecule has 1 heterocycles. The summed E-state index contributed by atoms with van der Waals surface area (Å²) in [7, 11) is 0. The van der Waals surface area contributed by atoms with Gasteiger partial charge < -0.3 is 10.2 Å². The number of nitrogens with two attached hydrogens (primary N) is 1. The summed E-state index contributed by atoms with van der Waals surface area (Å²) in [6.45, 7) is 5.03. The Morgan fingerprint density at radius 1 is 1.22 bits per heavy atom. The van der Waals surface area contributed by atoms with Gasteiger partial charge in [0.15, 0.2) is 6.39 Å². The second kappa shape index (κ2) is 5.83. The molecule has 0 radical (unpaired) electrons. The summed E-state index contributed by atoms with van der Waals surface area (Å²) in [5, 5.41) is 0. The fourth-order valence-electron chi connectivity index (χ4n) is 2.08. The quantitative estimate of drug-likeness (QED) is 0.879. The summed E-state index contributed by atoms with van der Waals surface area (Å²) in [6, 6.07) is 8.54. The molecule has 1 aromatic heterocycles. The van der Waals surface area contributed by atoms with Crippen LogP contribution in [-0.2, 0) is 12.8 Å². The van der Waals surface area contributed by atoms with Gasteiger partial charge in [-0.3, -0.25) is 0 Å². The van der Waals surface area contributed by atoms with Crippen molar-refractivity contribution in [3.63, 3.8) is 0 Å². The Hall–Kier alpha value is -1.61. The molecule has 0 saturated heterocycles. The zero-order chi connectivity index (χ0) is 13.0. The van der Waals surface area contributed by atoms with Crippen LogP contribution in [0.4, 0.5) is 0 Å². The van der Waals surface area contributed by atoms with Gasteiger partial charge in [0.1, 0.15) is 11.5 Å². The number of hydrogen-bond donors (Lipinski definition) is 1. The first-order valence-corrected chi connectivity index (χ1v) is 6.42. The predicted octanol–water partition coefficient (Wildman–Crippen LogP) is 3.04. The van der Waals surface area contributed by atoms with Gasteiger partial charge in [0.25, 0.3) is 0 Å². The zero-order valence-corrected chi connectivity index (χ0v) is 11.0. The second-order valence-corrected chi connectivity index (χ2v) is 4.96. The molecule has 0 spiro atoms. The van der Waals surface area contributed by atoms with E-state index < -0.39 is 0 Å². The SMILES string of the molecule is CC(C)Cc1ccc(-c2ncoc2CCN)cc1. The average Bonchev–Trinajstić information content (AvgIpc) is 2.78. The largest absolute Gasteiger partial charge is 0.448 e. The maximum absolute atomic E-state index is 5.56. The number of benzene rings is 1. The van der Waals surface area contributed by atoms with Crippen LogP contribution in [0.15, 0.2) is 35.1 Å². The summed E-state index contributed by atoms with van der Waals surface area (Å²) in [6.07, 6.45) is 3.32. The highest BCUT2D eigenvalue weighted by atomic mass is 16.3. The summed E-state index contributed by atoms with van der Waals surface area (Å²) < 4.78 is 5.36. The van der Waals surface area contributed by atoms with Gasteiger partial charge in [-0.05, 0) is 24.4 Å². The number of oxazole rings is 1. The van der Waals surface area contributed by atoms with Crippen LogP contribution in [-0.4, -0.2) is 11.5 Å². The van der Waals surface area contributed by atoms with Crippen LogP contribution in [0.1, 0.15) is 25.2 Å². The Bertz CT molecular complexity index is 485. The van der Waals surface area contributed by atoms with E-state index in [4.69, 9.17) is 10.2 Å². The van der Waals surface area contributed by atoms with Crippen molar-refractivity contribution in [3.8, 4) is 11.3 Å². The minimum Gasteiger partial charge on any atom is -0.448 e. The van der Waals surface area contributed by atoms with Gasteiger partial charge in [0.05, 0.1) is 0 Å². The van der Waals surface area contributed by atoms with Gasteiger partial charge in [-0.1, -0.05) is 38.1 Å².